The Bertz CT molecular complexity index is 1030. The average molecular weight is 365 g/mol. The van der Waals surface area contributed by atoms with Crippen molar-refractivity contribution >= 4 is 22.8 Å². The van der Waals surface area contributed by atoms with E-state index < -0.39 is 5.97 Å². The second-order valence-electron chi connectivity index (χ2n) is 5.96. The molecule has 0 aliphatic heterocycles. The second-order valence-corrected chi connectivity index (χ2v) is 5.96. The van der Waals surface area contributed by atoms with Crippen LogP contribution in [0.2, 0.25) is 0 Å². The van der Waals surface area contributed by atoms with Crippen molar-refractivity contribution in [1.82, 2.24) is 15.1 Å². The van der Waals surface area contributed by atoms with Crippen LogP contribution in [0.5, 0.6) is 0 Å². The van der Waals surface area contributed by atoms with Gasteiger partial charge in [0.25, 0.3) is 0 Å². The van der Waals surface area contributed by atoms with E-state index >= 15 is 0 Å². The van der Waals surface area contributed by atoms with E-state index in [0.29, 0.717) is 29.6 Å². The van der Waals surface area contributed by atoms with Crippen LogP contribution in [-0.2, 0) is 22.6 Å². The maximum atomic E-state index is 12.1. The molecule has 0 atom stereocenters. The molecule has 0 saturated carbocycles. The molecule has 0 spiro atoms. The number of methoxy groups -OCH3 is 1. The van der Waals surface area contributed by atoms with Crippen molar-refractivity contribution < 1.29 is 14.3 Å². The minimum atomic E-state index is -0.397. The lowest BCUT2D eigenvalue weighted by Crippen LogP contribution is -2.24. The number of esters is 1. The van der Waals surface area contributed by atoms with Crippen molar-refractivity contribution in [3.05, 3.63) is 76.1 Å². The van der Waals surface area contributed by atoms with Gasteiger partial charge in [-0.3, -0.25) is 14.3 Å². The van der Waals surface area contributed by atoms with Crippen LogP contribution in [0.3, 0.4) is 0 Å². The molecule has 0 fully saturated rings. The molecule has 1 heterocycles. The van der Waals surface area contributed by atoms with E-state index in [1.165, 1.54) is 13.3 Å². The summed E-state index contributed by atoms with van der Waals surface area (Å²) in [5.74, 6) is -0.525. The van der Waals surface area contributed by atoms with Gasteiger partial charge in [-0.2, -0.15) is 5.10 Å². The number of nitrogens with one attached hydrogen (secondary N) is 1. The number of rotatable bonds is 6. The van der Waals surface area contributed by atoms with Gasteiger partial charge < -0.3 is 10.1 Å². The number of ether oxygens (including phenoxy) is 1. The molecule has 27 heavy (non-hydrogen) atoms. The molecule has 0 bridgehead atoms. The van der Waals surface area contributed by atoms with Crippen molar-refractivity contribution in [2.24, 2.45) is 0 Å². The maximum absolute atomic E-state index is 12.1. The Labute approximate surface area is 155 Å². The van der Waals surface area contributed by atoms with Crippen LogP contribution in [0.1, 0.15) is 22.3 Å². The molecule has 1 amide bonds. The lowest BCUT2D eigenvalue weighted by molar-refractivity contribution is -0.121. The Morgan fingerprint density at radius 2 is 1.85 bits per heavy atom. The highest BCUT2D eigenvalue weighted by Crippen LogP contribution is 2.09. The summed E-state index contributed by atoms with van der Waals surface area (Å²) < 4.78 is 6.30. The van der Waals surface area contributed by atoms with Crippen molar-refractivity contribution in [2.45, 2.75) is 19.5 Å². The van der Waals surface area contributed by atoms with Gasteiger partial charge in [-0.15, -0.1) is 0 Å². The van der Waals surface area contributed by atoms with Crippen molar-refractivity contribution in [2.75, 3.05) is 7.11 Å². The fraction of sp³-hybridized carbons (Fsp3) is 0.200. The predicted octanol–water partition coefficient (Wildman–Crippen LogP) is 1.89. The molecule has 0 unspecified atom stereocenters. The van der Waals surface area contributed by atoms with Gasteiger partial charge in [-0.1, -0.05) is 24.3 Å². The minimum absolute atomic E-state index is 0.128. The Morgan fingerprint density at radius 1 is 1.11 bits per heavy atom. The second kappa shape index (κ2) is 8.27. The molecule has 138 valence electrons. The predicted molar refractivity (Wildman–Crippen MR) is 100 cm³/mol. The molecule has 2 aromatic carbocycles. The molecule has 3 aromatic rings. The van der Waals surface area contributed by atoms with Gasteiger partial charge in [0.05, 0.1) is 30.9 Å². The maximum Gasteiger partial charge on any atom is 0.337 e. The minimum Gasteiger partial charge on any atom is -0.465 e. The van der Waals surface area contributed by atoms with Crippen LogP contribution in [0, 0.1) is 0 Å². The fourth-order valence-electron chi connectivity index (χ4n) is 2.71. The first-order chi connectivity index (χ1) is 13.1. The van der Waals surface area contributed by atoms with Crippen molar-refractivity contribution in [3.8, 4) is 0 Å². The molecule has 1 aromatic heterocycles. The topological polar surface area (TPSA) is 90.3 Å². The fourth-order valence-corrected chi connectivity index (χ4v) is 2.71. The zero-order valence-electron chi connectivity index (χ0n) is 14.8. The van der Waals surface area contributed by atoms with Crippen LogP contribution >= 0.6 is 0 Å². The monoisotopic (exact) mass is 365 g/mol. The summed E-state index contributed by atoms with van der Waals surface area (Å²) in [4.78, 5) is 35.4. The van der Waals surface area contributed by atoms with Crippen LogP contribution in [0.15, 0.2) is 59.5 Å². The quantitative estimate of drug-likeness (QED) is 0.674. The Hall–Kier alpha value is -3.48. The number of para-hydroxylation sites is 1. The Kier molecular flexibility index (Phi) is 5.61. The standard InChI is InChI=1S/C20H19N3O4/c1-27-20(26)15-8-6-14(7-9-15)12-21-19(25)10-11-23-17-5-3-2-4-16(17)18(24)13-22-23/h2-9,13H,10-12H2,1H3,(H,21,25). The van der Waals surface area contributed by atoms with Crippen LogP contribution in [-0.4, -0.2) is 28.8 Å². The number of fused-ring (bicyclic) bond motifs is 1. The highest BCUT2D eigenvalue weighted by molar-refractivity contribution is 5.89. The number of aryl methyl sites for hydroxylation is 1. The first-order valence-corrected chi connectivity index (χ1v) is 8.47. The summed E-state index contributed by atoms with van der Waals surface area (Å²) in [5.41, 5.74) is 1.91. The molecule has 0 radical (unpaired) electrons. The number of nitrogens with zero attached hydrogens (tertiary/aromatic N) is 2. The number of carbonyl (C=O) groups is 2. The van der Waals surface area contributed by atoms with Gasteiger partial charge >= 0.3 is 5.97 Å². The van der Waals surface area contributed by atoms with Gasteiger partial charge in [0.15, 0.2) is 0 Å². The number of carbonyl (C=O) groups excluding carboxylic acids is 2. The highest BCUT2D eigenvalue weighted by Gasteiger charge is 2.07. The third kappa shape index (κ3) is 4.38. The summed E-state index contributed by atoms with van der Waals surface area (Å²) in [7, 11) is 1.33. The number of hydrogen-bond donors (Lipinski definition) is 1. The number of benzene rings is 2. The molecule has 0 saturated heterocycles. The average Bonchev–Trinajstić information content (AvgIpc) is 2.71. The van der Waals surface area contributed by atoms with E-state index in [0.717, 1.165) is 5.56 Å². The van der Waals surface area contributed by atoms with E-state index in [1.54, 1.807) is 41.1 Å². The zero-order chi connectivity index (χ0) is 19.2. The summed E-state index contributed by atoms with van der Waals surface area (Å²) in [6, 6.07) is 14.0. The van der Waals surface area contributed by atoms with Crippen molar-refractivity contribution in [1.29, 1.82) is 0 Å². The van der Waals surface area contributed by atoms with E-state index in [2.05, 4.69) is 15.2 Å². The first-order valence-electron chi connectivity index (χ1n) is 8.47. The SMILES string of the molecule is COC(=O)c1ccc(CNC(=O)CCn2ncc(=O)c3ccccc32)cc1. The van der Waals surface area contributed by atoms with Crippen LogP contribution in [0.4, 0.5) is 0 Å². The molecule has 0 aliphatic rings. The molecule has 7 nitrogen and oxygen atoms in total. The van der Waals surface area contributed by atoms with Gasteiger partial charge in [0.1, 0.15) is 0 Å². The molecular weight excluding hydrogens is 346 g/mol. The summed E-state index contributed by atoms with van der Waals surface area (Å²) in [6.45, 7) is 0.729. The molecule has 7 heteroatoms. The molecule has 0 aliphatic carbocycles. The summed E-state index contributed by atoms with van der Waals surface area (Å²) in [6.07, 6.45) is 1.50. The number of amides is 1. The summed E-state index contributed by atoms with van der Waals surface area (Å²) >= 11 is 0. The van der Waals surface area contributed by atoms with E-state index in [-0.39, 0.29) is 17.8 Å². The van der Waals surface area contributed by atoms with E-state index in [9.17, 15) is 14.4 Å². The number of aromatic nitrogens is 2. The Morgan fingerprint density at radius 3 is 2.59 bits per heavy atom. The first kappa shape index (κ1) is 18.3. The lowest BCUT2D eigenvalue weighted by atomic mass is 10.1. The number of hydrogen-bond acceptors (Lipinski definition) is 5. The van der Waals surface area contributed by atoms with Gasteiger partial charge in [-0.25, -0.2) is 4.79 Å². The zero-order valence-corrected chi connectivity index (χ0v) is 14.8. The lowest BCUT2D eigenvalue weighted by Gasteiger charge is -2.10. The van der Waals surface area contributed by atoms with E-state index in [1.807, 2.05) is 12.1 Å². The summed E-state index contributed by atoms with van der Waals surface area (Å²) in [5, 5.41) is 7.53. The van der Waals surface area contributed by atoms with Gasteiger partial charge in [0, 0.05) is 18.4 Å². The molecule has 1 N–H and O–H groups in total. The van der Waals surface area contributed by atoms with Crippen LogP contribution < -0.4 is 10.7 Å². The normalized spacial score (nSPS) is 10.6. The Balaban J connectivity index is 1.57. The molecule has 3 rings (SSSR count). The van der Waals surface area contributed by atoms with Crippen molar-refractivity contribution in [3.63, 3.8) is 0 Å². The smallest absolute Gasteiger partial charge is 0.337 e. The third-order valence-corrected chi connectivity index (χ3v) is 4.18. The third-order valence-electron chi connectivity index (χ3n) is 4.18. The van der Waals surface area contributed by atoms with Gasteiger partial charge in [0.2, 0.25) is 11.3 Å². The van der Waals surface area contributed by atoms with Gasteiger partial charge in [-0.05, 0) is 29.8 Å². The van der Waals surface area contributed by atoms with E-state index in [4.69, 9.17) is 0 Å². The van der Waals surface area contributed by atoms with Crippen LogP contribution in [0.25, 0.3) is 10.9 Å². The molecular formula is C20H19N3O4. The highest BCUT2D eigenvalue weighted by atomic mass is 16.5. The largest absolute Gasteiger partial charge is 0.465 e.